The van der Waals surface area contributed by atoms with E-state index in [0.29, 0.717) is 0 Å². The van der Waals surface area contributed by atoms with Gasteiger partial charge in [0.25, 0.3) is 0 Å². The monoisotopic (exact) mass is 739 g/mol. The average Bonchev–Trinajstić information content (AvgIpc) is 3.00. The van der Waals surface area contributed by atoms with E-state index >= 15 is 0 Å². The summed E-state index contributed by atoms with van der Waals surface area (Å²) in [6.07, 6.45) is -18.1. The van der Waals surface area contributed by atoms with Gasteiger partial charge in [0, 0.05) is 6.92 Å². The van der Waals surface area contributed by atoms with E-state index in [1.54, 1.807) is 41.5 Å². The minimum Gasteiger partial charge on any atom is -0.480 e. The summed E-state index contributed by atoms with van der Waals surface area (Å²) in [7, 11) is 0. The zero-order chi connectivity index (χ0) is 38.6. The molecule has 51 heavy (non-hydrogen) atoms. The first-order chi connectivity index (χ1) is 23.6. The van der Waals surface area contributed by atoms with Gasteiger partial charge in [-0.25, -0.2) is 4.79 Å². The molecule has 1 saturated carbocycles. The normalized spacial score (nSPS) is 37.7. The number of hydrogen-bond donors (Lipinski definition) is 8. The fourth-order valence-electron chi connectivity index (χ4n) is 6.15. The van der Waals surface area contributed by atoms with Crippen molar-refractivity contribution in [3.05, 3.63) is 0 Å². The van der Waals surface area contributed by atoms with E-state index in [1.165, 1.54) is 0 Å². The summed E-state index contributed by atoms with van der Waals surface area (Å²) in [5.74, 6) is -5.93. The van der Waals surface area contributed by atoms with Gasteiger partial charge in [-0.05, 0) is 54.4 Å². The fourth-order valence-corrected chi connectivity index (χ4v) is 6.15. The SMILES string of the molecule is CC(=O)N[C@H]1[C@H](O[C@H]2C[C@H](C(=O)OC(C)(C)C)[C@H](C(=O)OC(C)(C)C)C[C@H]2OCC(=O)O)O[C@H](CO)[C@H](O)[C@@H]1O[C@@H]1O[C@H](CO)[C@H](O)[C@H](O)[C@H]1O. The highest BCUT2D eigenvalue weighted by atomic mass is 16.7. The molecule has 8 N–H and O–H groups in total. The third-order valence-corrected chi connectivity index (χ3v) is 8.38. The number of carboxylic acids is 1. The predicted octanol–water partition coefficient (Wildman–Crippen LogP) is -2.68. The largest absolute Gasteiger partial charge is 0.480 e. The molecule has 19 nitrogen and oxygen atoms in total. The minimum atomic E-state index is -1.91. The number of amides is 1. The third-order valence-electron chi connectivity index (χ3n) is 8.38. The number of hydrogen-bond acceptors (Lipinski definition) is 17. The van der Waals surface area contributed by atoms with Crippen molar-refractivity contribution in [2.45, 2.75) is 146 Å². The standard InChI is InChI=1S/C32H53NO18/c1-13(36)33-21-26(49-30-25(42)24(41)22(39)18(10-34)48-30)23(40)19(11-35)47-29(21)46-17-9-15(28(44)51-32(5,6)7)14(27(43)50-31(2,3)4)8-16(17)45-12-20(37)38/h14-19,21-26,29-30,34-35,39-42H,8-12H2,1-7H3,(H,33,36)(H,37,38)/t14-,15+,16-,17+,18-,19-,21-,22+,23+,24+,25-,26-,29-,30+/m1/s1. The van der Waals surface area contributed by atoms with Crippen LogP contribution in [0.4, 0.5) is 0 Å². The lowest BCUT2D eigenvalue weighted by Gasteiger charge is -2.49. The minimum absolute atomic E-state index is 0.273. The first-order valence-corrected chi connectivity index (χ1v) is 16.7. The van der Waals surface area contributed by atoms with Crippen LogP contribution < -0.4 is 5.32 Å². The lowest BCUT2D eigenvalue weighted by molar-refractivity contribution is -0.350. The van der Waals surface area contributed by atoms with Crippen LogP contribution in [0, 0.1) is 11.8 Å². The first kappa shape index (κ1) is 42.8. The number of carbonyl (C=O) groups excluding carboxylic acids is 3. The summed E-state index contributed by atoms with van der Waals surface area (Å²) in [5.41, 5.74) is -1.91. The van der Waals surface area contributed by atoms with Crippen LogP contribution in [-0.2, 0) is 52.3 Å². The molecule has 1 amide bonds. The molecule has 3 rings (SSSR count). The van der Waals surface area contributed by atoms with Crippen LogP contribution in [0.2, 0.25) is 0 Å². The van der Waals surface area contributed by atoms with Crippen molar-refractivity contribution in [3.8, 4) is 0 Å². The van der Waals surface area contributed by atoms with E-state index in [9.17, 15) is 54.9 Å². The molecule has 19 heteroatoms. The van der Waals surface area contributed by atoms with Gasteiger partial charge in [0.05, 0.1) is 37.3 Å². The lowest BCUT2D eigenvalue weighted by Crippen LogP contribution is -2.68. The maximum absolute atomic E-state index is 13.6. The third kappa shape index (κ3) is 11.5. The smallest absolute Gasteiger partial charge is 0.329 e. The number of carbonyl (C=O) groups is 4. The number of esters is 2. The first-order valence-electron chi connectivity index (χ1n) is 16.7. The van der Waals surface area contributed by atoms with Gasteiger partial charge in [0.2, 0.25) is 5.91 Å². The van der Waals surface area contributed by atoms with Gasteiger partial charge in [-0.1, -0.05) is 0 Å². The number of nitrogens with one attached hydrogen (secondary N) is 1. The predicted molar refractivity (Wildman–Crippen MR) is 168 cm³/mol. The maximum atomic E-state index is 13.6. The highest BCUT2D eigenvalue weighted by Gasteiger charge is 2.54. The number of rotatable bonds is 12. The Labute approximate surface area is 295 Å². The molecule has 14 atom stereocenters. The van der Waals surface area contributed by atoms with Crippen molar-refractivity contribution < 1.29 is 88.1 Å². The topological polar surface area (TPSA) is 287 Å². The molecule has 0 aromatic heterocycles. The van der Waals surface area contributed by atoms with Crippen LogP contribution in [0.5, 0.6) is 0 Å². The molecule has 0 radical (unpaired) electrons. The Morgan fingerprint density at radius 3 is 1.67 bits per heavy atom. The molecule has 0 aromatic carbocycles. The lowest BCUT2D eigenvalue weighted by atomic mass is 9.76. The van der Waals surface area contributed by atoms with Crippen LogP contribution in [0.25, 0.3) is 0 Å². The van der Waals surface area contributed by atoms with Gasteiger partial charge < -0.3 is 74.2 Å². The molecular formula is C32H53NO18. The van der Waals surface area contributed by atoms with Crippen molar-refractivity contribution in [3.63, 3.8) is 0 Å². The van der Waals surface area contributed by atoms with E-state index in [0.717, 1.165) is 6.92 Å². The number of aliphatic carboxylic acids is 1. The quantitative estimate of drug-likeness (QED) is 0.0946. The molecule has 2 aliphatic heterocycles. The van der Waals surface area contributed by atoms with E-state index in [4.69, 9.17) is 33.2 Å². The molecule has 0 unspecified atom stereocenters. The van der Waals surface area contributed by atoms with Crippen LogP contribution in [0.1, 0.15) is 61.3 Å². The van der Waals surface area contributed by atoms with Crippen molar-refractivity contribution in [2.75, 3.05) is 19.8 Å². The molecule has 3 aliphatic rings. The number of aliphatic hydroxyl groups excluding tert-OH is 6. The average molecular weight is 740 g/mol. The Bertz CT molecular complexity index is 1200. The molecule has 2 heterocycles. The summed E-state index contributed by atoms with van der Waals surface area (Å²) in [4.78, 5) is 51.0. The van der Waals surface area contributed by atoms with Crippen molar-refractivity contribution in [1.29, 1.82) is 0 Å². The second-order valence-corrected chi connectivity index (χ2v) is 14.9. The number of carboxylic acid groups (broad SMARTS) is 1. The van der Waals surface area contributed by atoms with Gasteiger partial charge in [0.15, 0.2) is 12.6 Å². The van der Waals surface area contributed by atoms with Crippen molar-refractivity contribution in [2.24, 2.45) is 11.8 Å². The summed E-state index contributed by atoms with van der Waals surface area (Å²) < 4.78 is 40.3. The number of aliphatic hydroxyl groups is 6. The Morgan fingerprint density at radius 2 is 1.20 bits per heavy atom. The summed E-state index contributed by atoms with van der Waals surface area (Å²) >= 11 is 0. The molecule has 0 aromatic rings. The van der Waals surface area contributed by atoms with Gasteiger partial charge in [-0.15, -0.1) is 0 Å². The van der Waals surface area contributed by atoms with Crippen LogP contribution in [0.3, 0.4) is 0 Å². The van der Waals surface area contributed by atoms with E-state index in [2.05, 4.69) is 5.32 Å². The Morgan fingerprint density at radius 1 is 0.706 bits per heavy atom. The van der Waals surface area contributed by atoms with Gasteiger partial charge in [-0.2, -0.15) is 0 Å². The van der Waals surface area contributed by atoms with Gasteiger partial charge in [0.1, 0.15) is 66.6 Å². The molecule has 2 saturated heterocycles. The second kappa shape index (κ2) is 17.5. The highest BCUT2D eigenvalue weighted by Crippen LogP contribution is 2.39. The van der Waals surface area contributed by atoms with E-state index in [-0.39, 0.29) is 12.8 Å². The summed E-state index contributed by atoms with van der Waals surface area (Å²) in [5, 5.41) is 74.0. The van der Waals surface area contributed by atoms with E-state index in [1.807, 2.05) is 0 Å². The maximum Gasteiger partial charge on any atom is 0.329 e. The Kier molecular flexibility index (Phi) is 14.7. The molecule has 1 aliphatic carbocycles. The molecular weight excluding hydrogens is 686 g/mol. The van der Waals surface area contributed by atoms with Gasteiger partial charge in [-0.3, -0.25) is 14.4 Å². The highest BCUT2D eigenvalue weighted by molar-refractivity contribution is 5.83. The van der Waals surface area contributed by atoms with Crippen LogP contribution >= 0.6 is 0 Å². The molecule has 3 fully saturated rings. The van der Waals surface area contributed by atoms with Gasteiger partial charge >= 0.3 is 17.9 Å². The fraction of sp³-hybridized carbons (Fsp3) is 0.875. The van der Waals surface area contributed by atoms with Crippen molar-refractivity contribution >= 4 is 23.8 Å². The van der Waals surface area contributed by atoms with Crippen LogP contribution in [0.15, 0.2) is 0 Å². The summed E-state index contributed by atoms with van der Waals surface area (Å²) in [6, 6.07) is -1.48. The van der Waals surface area contributed by atoms with E-state index < -0.39 is 140 Å². The second-order valence-electron chi connectivity index (χ2n) is 14.9. The summed E-state index contributed by atoms with van der Waals surface area (Å²) in [6.45, 7) is 8.48. The Hall–Kier alpha value is -2.56. The zero-order valence-corrected chi connectivity index (χ0v) is 29.7. The zero-order valence-electron chi connectivity index (χ0n) is 29.7. The molecule has 0 spiro atoms. The van der Waals surface area contributed by atoms with Crippen LogP contribution in [-0.4, -0.2) is 164 Å². The molecule has 0 bridgehead atoms. The van der Waals surface area contributed by atoms with Crippen molar-refractivity contribution in [1.82, 2.24) is 5.32 Å². The Balaban J connectivity index is 2.02. The molecule has 294 valence electrons. The number of ether oxygens (including phenoxy) is 7.